The van der Waals surface area contributed by atoms with Gasteiger partial charge in [-0.15, -0.1) is 0 Å². The minimum atomic E-state index is -1.15. The van der Waals surface area contributed by atoms with Gasteiger partial charge in [0.15, 0.2) is 0 Å². The van der Waals surface area contributed by atoms with Crippen molar-refractivity contribution in [3.8, 4) is 0 Å². The second-order valence-electron chi connectivity index (χ2n) is 3.61. The van der Waals surface area contributed by atoms with E-state index >= 15 is 0 Å². The molecule has 0 heterocycles. The van der Waals surface area contributed by atoms with Gasteiger partial charge < -0.3 is 15.3 Å². The number of nitrogens with zero attached hydrogens (tertiary/aromatic N) is 1. The van der Waals surface area contributed by atoms with E-state index in [9.17, 15) is 9.59 Å². The molecule has 0 spiro atoms. The van der Waals surface area contributed by atoms with Crippen molar-refractivity contribution < 1.29 is 14.7 Å². The van der Waals surface area contributed by atoms with Crippen LogP contribution in [0.2, 0.25) is 0 Å². The largest absolute Gasteiger partial charge is 0.478 e. The molecule has 0 fully saturated rings. The van der Waals surface area contributed by atoms with Gasteiger partial charge in [-0.25, -0.2) is 4.79 Å². The lowest BCUT2D eigenvalue weighted by Gasteiger charge is -2.13. The lowest BCUT2D eigenvalue weighted by molar-refractivity contribution is -0.131. The van der Waals surface area contributed by atoms with Crippen molar-refractivity contribution in [2.45, 2.75) is 0 Å². The van der Waals surface area contributed by atoms with Crippen LogP contribution in [0.15, 0.2) is 36.4 Å². The van der Waals surface area contributed by atoms with E-state index in [0.29, 0.717) is 5.69 Å². The molecule has 0 bridgehead atoms. The molecule has 0 unspecified atom stereocenters. The van der Waals surface area contributed by atoms with Crippen LogP contribution in [0.3, 0.4) is 0 Å². The number of carbonyl (C=O) groups excluding carboxylic acids is 1. The predicted octanol–water partition coefficient (Wildman–Crippen LogP) is 1.33. The Morgan fingerprint density at radius 1 is 1.29 bits per heavy atom. The lowest BCUT2D eigenvalue weighted by Crippen LogP contribution is -2.11. The van der Waals surface area contributed by atoms with Gasteiger partial charge in [-0.2, -0.15) is 0 Å². The van der Waals surface area contributed by atoms with Crippen molar-refractivity contribution in [1.29, 1.82) is 0 Å². The maximum absolute atomic E-state index is 11.3. The monoisotopic (exact) mass is 234 g/mol. The van der Waals surface area contributed by atoms with E-state index in [1.807, 2.05) is 31.1 Å². The normalized spacial score (nSPS) is 10.2. The summed E-state index contributed by atoms with van der Waals surface area (Å²) in [6, 6.07) is 7.25. The number of amides is 1. The van der Waals surface area contributed by atoms with Gasteiger partial charge >= 0.3 is 5.97 Å². The summed E-state index contributed by atoms with van der Waals surface area (Å²) in [6.45, 7) is 0. The highest BCUT2D eigenvalue weighted by Crippen LogP contribution is 2.17. The van der Waals surface area contributed by atoms with Gasteiger partial charge in [-0.3, -0.25) is 4.79 Å². The molecule has 0 radical (unpaired) electrons. The van der Waals surface area contributed by atoms with E-state index in [0.717, 1.165) is 17.8 Å². The number of anilines is 2. The molecule has 1 aromatic carbocycles. The van der Waals surface area contributed by atoms with Gasteiger partial charge in [0, 0.05) is 37.6 Å². The molecule has 0 aliphatic carbocycles. The van der Waals surface area contributed by atoms with Crippen molar-refractivity contribution in [3.05, 3.63) is 36.4 Å². The predicted molar refractivity (Wildman–Crippen MR) is 66.2 cm³/mol. The zero-order valence-corrected chi connectivity index (χ0v) is 9.68. The molecule has 5 heteroatoms. The summed E-state index contributed by atoms with van der Waals surface area (Å²) in [5.74, 6) is -1.62. The van der Waals surface area contributed by atoms with E-state index in [1.165, 1.54) is 0 Å². The summed E-state index contributed by atoms with van der Waals surface area (Å²) in [5.41, 5.74) is 1.57. The zero-order chi connectivity index (χ0) is 12.8. The van der Waals surface area contributed by atoms with Gasteiger partial charge in [0.25, 0.3) is 0 Å². The molecular weight excluding hydrogens is 220 g/mol. The van der Waals surface area contributed by atoms with Crippen LogP contribution in [0.25, 0.3) is 0 Å². The number of carboxylic acids is 1. The summed E-state index contributed by atoms with van der Waals surface area (Å²) < 4.78 is 0. The minimum absolute atomic E-state index is 0.469. The van der Waals surface area contributed by atoms with Gasteiger partial charge in [0.05, 0.1) is 0 Å². The Morgan fingerprint density at radius 3 is 2.59 bits per heavy atom. The van der Waals surface area contributed by atoms with Crippen molar-refractivity contribution >= 4 is 23.3 Å². The molecule has 2 N–H and O–H groups in total. The number of hydrogen-bond acceptors (Lipinski definition) is 3. The van der Waals surface area contributed by atoms with Crippen molar-refractivity contribution in [2.24, 2.45) is 0 Å². The number of carboxylic acid groups (broad SMARTS) is 1. The fraction of sp³-hybridized carbons (Fsp3) is 0.167. The first-order chi connectivity index (χ1) is 7.99. The van der Waals surface area contributed by atoms with Crippen LogP contribution < -0.4 is 10.2 Å². The van der Waals surface area contributed by atoms with Gasteiger partial charge in [0.2, 0.25) is 5.91 Å². The summed E-state index contributed by atoms with van der Waals surface area (Å²) >= 11 is 0. The van der Waals surface area contributed by atoms with E-state index in [4.69, 9.17) is 5.11 Å². The Labute approximate surface area is 99.4 Å². The smallest absolute Gasteiger partial charge is 0.328 e. The Kier molecular flexibility index (Phi) is 4.28. The standard InChI is InChI=1S/C12H14N2O3/c1-14(2)10-5-3-4-9(8-10)13-11(15)6-7-12(16)17/h3-8H,1-2H3,(H,13,15)(H,16,17)/b7-6+. The molecular formula is C12H14N2O3. The molecule has 0 aliphatic rings. The fourth-order valence-electron chi connectivity index (χ4n) is 1.19. The second-order valence-corrected chi connectivity index (χ2v) is 3.61. The third-order valence-corrected chi connectivity index (χ3v) is 2.01. The second kappa shape index (κ2) is 5.69. The third-order valence-electron chi connectivity index (χ3n) is 2.01. The fourth-order valence-corrected chi connectivity index (χ4v) is 1.19. The minimum Gasteiger partial charge on any atom is -0.478 e. The maximum atomic E-state index is 11.3. The number of aliphatic carboxylic acids is 1. The molecule has 17 heavy (non-hydrogen) atoms. The molecule has 0 aromatic heterocycles. The molecule has 90 valence electrons. The van der Waals surface area contributed by atoms with E-state index in [1.54, 1.807) is 12.1 Å². The third kappa shape index (κ3) is 4.38. The highest BCUT2D eigenvalue weighted by atomic mass is 16.4. The SMILES string of the molecule is CN(C)c1cccc(NC(=O)/C=C/C(=O)O)c1. The number of rotatable bonds is 4. The lowest BCUT2D eigenvalue weighted by atomic mass is 10.2. The van der Waals surface area contributed by atoms with Gasteiger partial charge in [-0.1, -0.05) is 6.07 Å². The molecule has 1 amide bonds. The summed E-state index contributed by atoms with van der Waals surface area (Å²) in [4.78, 5) is 23.5. The van der Waals surface area contributed by atoms with E-state index in [2.05, 4.69) is 5.32 Å². The first-order valence-corrected chi connectivity index (χ1v) is 4.98. The highest BCUT2D eigenvalue weighted by molar-refractivity contribution is 6.02. The van der Waals surface area contributed by atoms with E-state index in [-0.39, 0.29) is 0 Å². The summed E-state index contributed by atoms with van der Waals surface area (Å²) in [5, 5.41) is 10.9. The van der Waals surface area contributed by atoms with Crippen LogP contribution in [-0.4, -0.2) is 31.1 Å². The van der Waals surface area contributed by atoms with Gasteiger partial charge in [0.1, 0.15) is 0 Å². The molecule has 1 rings (SSSR count). The first kappa shape index (κ1) is 12.8. The van der Waals surface area contributed by atoms with Crippen molar-refractivity contribution in [2.75, 3.05) is 24.3 Å². The zero-order valence-electron chi connectivity index (χ0n) is 9.68. The molecule has 0 saturated carbocycles. The molecule has 5 nitrogen and oxygen atoms in total. The molecule has 0 aliphatic heterocycles. The van der Waals surface area contributed by atoms with Crippen LogP contribution in [-0.2, 0) is 9.59 Å². The summed E-state index contributed by atoms with van der Waals surface area (Å²) in [6.07, 6.45) is 1.77. The number of benzene rings is 1. The molecule has 0 saturated heterocycles. The van der Waals surface area contributed by atoms with E-state index < -0.39 is 11.9 Å². The Hall–Kier alpha value is -2.30. The van der Waals surface area contributed by atoms with Crippen LogP contribution in [0, 0.1) is 0 Å². The van der Waals surface area contributed by atoms with Crippen LogP contribution >= 0.6 is 0 Å². The van der Waals surface area contributed by atoms with Crippen LogP contribution in [0.4, 0.5) is 11.4 Å². The first-order valence-electron chi connectivity index (χ1n) is 4.98. The average Bonchev–Trinajstić information content (AvgIpc) is 2.26. The number of carbonyl (C=O) groups is 2. The van der Waals surface area contributed by atoms with Crippen molar-refractivity contribution in [1.82, 2.24) is 0 Å². The van der Waals surface area contributed by atoms with Crippen molar-refractivity contribution in [3.63, 3.8) is 0 Å². The topological polar surface area (TPSA) is 69.6 Å². The van der Waals surface area contributed by atoms with Crippen LogP contribution in [0.5, 0.6) is 0 Å². The molecule has 0 atom stereocenters. The highest BCUT2D eigenvalue weighted by Gasteiger charge is 2.01. The maximum Gasteiger partial charge on any atom is 0.328 e. The quantitative estimate of drug-likeness (QED) is 0.771. The summed E-state index contributed by atoms with van der Waals surface area (Å²) in [7, 11) is 3.79. The number of hydrogen-bond donors (Lipinski definition) is 2. The van der Waals surface area contributed by atoms with Crippen LogP contribution in [0.1, 0.15) is 0 Å². The molecule has 1 aromatic rings. The Morgan fingerprint density at radius 2 is 2.00 bits per heavy atom. The Bertz CT molecular complexity index is 453. The van der Waals surface area contributed by atoms with Gasteiger partial charge in [-0.05, 0) is 18.2 Å². The number of nitrogens with one attached hydrogen (secondary N) is 1. The average molecular weight is 234 g/mol. The Balaban J connectivity index is 2.72.